The predicted octanol–water partition coefficient (Wildman–Crippen LogP) is 0.199. The van der Waals surface area contributed by atoms with Crippen molar-refractivity contribution in [2.24, 2.45) is 0 Å². The van der Waals surface area contributed by atoms with E-state index in [2.05, 4.69) is 10.00 Å². The summed E-state index contributed by atoms with van der Waals surface area (Å²) < 4.78 is 3.02. The summed E-state index contributed by atoms with van der Waals surface area (Å²) in [5.41, 5.74) is 0.554. The molecule has 0 aliphatic heterocycles. The van der Waals surface area contributed by atoms with E-state index in [-0.39, 0.29) is 11.8 Å². The van der Waals surface area contributed by atoms with E-state index in [9.17, 15) is 9.90 Å². The third-order valence-electron chi connectivity index (χ3n) is 3.11. The van der Waals surface area contributed by atoms with Gasteiger partial charge >= 0.3 is 5.69 Å². The average molecular weight is 264 g/mol. The van der Waals surface area contributed by atoms with E-state index in [1.165, 1.54) is 9.08 Å². The average Bonchev–Trinajstić information content (AvgIpc) is 2.71. The zero-order chi connectivity index (χ0) is 13.8. The molecule has 0 bridgehead atoms. The maximum atomic E-state index is 12.0. The maximum Gasteiger partial charge on any atom is 0.350 e. The molecule has 0 amide bonds. The van der Waals surface area contributed by atoms with Gasteiger partial charge in [-0.25, -0.2) is 9.48 Å². The van der Waals surface area contributed by atoms with Gasteiger partial charge in [0.1, 0.15) is 0 Å². The minimum atomic E-state index is -0.291. The van der Waals surface area contributed by atoms with Crippen molar-refractivity contribution >= 4 is 5.65 Å². The van der Waals surface area contributed by atoms with Crippen LogP contribution < -0.4 is 5.69 Å². The number of likely N-dealkylation sites (N-methyl/N-ethyl adjacent to an activating group) is 1. The predicted molar refractivity (Wildman–Crippen MR) is 73.2 cm³/mol. The lowest BCUT2D eigenvalue weighted by molar-refractivity contribution is 0.163. The molecule has 1 unspecified atom stereocenters. The summed E-state index contributed by atoms with van der Waals surface area (Å²) in [6, 6.07) is 5.49. The van der Waals surface area contributed by atoms with Crippen LogP contribution in [0.1, 0.15) is 13.3 Å². The summed E-state index contributed by atoms with van der Waals surface area (Å²) in [7, 11) is 1.98. The van der Waals surface area contributed by atoms with Crippen molar-refractivity contribution in [3.05, 3.63) is 34.9 Å². The lowest BCUT2D eigenvalue weighted by Crippen LogP contribution is -2.30. The number of hydrogen-bond acceptors (Lipinski definition) is 4. The summed E-state index contributed by atoms with van der Waals surface area (Å²) in [6.07, 6.45) is 2.16. The monoisotopic (exact) mass is 264 g/mol. The van der Waals surface area contributed by atoms with Gasteiger partial charge in [0.25, 0.3) is 0 Å². The first-order valence-corrected chi connectivity index (χ1v) is 6.49. The molecule has 19 heavy (non-hydrogen) atoms. The van der Waals surface area contributed by atoms with Crippen LogP contribution in [0.15, 0.2) is 29.2 Å². The standard InChI is InChI=1S/C13H20N4O2/c1-11(18)6-8-15(2)9-10-17-13(19)16-7-4-3-5-12(16)14-17/h3-5,7,11,18H,6,8-10H2,1-2H3. The van der Waals surface area contributed by atoms with E-state index in [0.717, 1.165) is 19.5 Å². The quantitative estimate of drug-likeness (QED) is 0.809. The Balaban J connectivity index is 1.98. The molecule has 0 radical (unpaired) electrons. The molecule has 0 aliphatic rings. The highest BCUT2D eigenvalue weighted by Crippen LogP contribution is 1.96. The third-order valence-corrected chi connectivity index (χ3v) is 3.11. The van der Waals surface area contributed by atoms with Crippen molar-refractivity contribution in [2.75, 3.05) is 20.1 Å². The molecule has 0 aliphatic carbocycles. The lowest BCUT2D eigenvalue weighted by atomic mass is 10.3. The van der Waals surface area contributed by atoms with E-state index >= 15 is 0 Å². The molecule has 6 heteroatoms. The van der Waals surface area contributed by atoms with Crippen LogP contribution in [0.5, 0.6) is 0 Å². The van der Waals surface area contributed by atoms with Crippen LogP contribution in [0.25, 0.3) is 5.65 Å². The maximum absolute atomic E-state index is 12.0. The fourth-order valence-corrected chi connectivity index (χ4v) is 1.90. The van der Waals surface area contributed by atoms with Gasteiger partial charge in [-0.3, -0.25) is 4.40 Å². The molecule has 0 saturated carbocycles. The number of nitrogens with zero attached hydrogens (tertiary/aromatic N) is 4. The Morgan fingerprint density at radius 3 is 2.89 bits per heavy atom. The van der Waals surface area contributed by atoms with Crippen LogP contribution in [0, 0.1) is 0 Å². The Morgan fingerprint density at radius 2 is 2.21 bits per heavy atom. The summed E-state index contributed by atoms with van der Waals surface area (Å²) in [4.78, 5) is 14.1. The highest BCUT2D eigenvalue weighted by atomic mass is 16.3. The van der Waals surface area contributed by atoms with Crippen LogP contribution in [0.4, 0.5) is 0 Å². The molecule has 2 heterocycles. The number of aromatic nitrogens is 3. The Morgan fingerprint density at radius 1 is 1.42 bits per heavy atom. The molecule has 1 N–H and O–H groups in total. The molecule has 0 spiro atoms. The van der Waals surface area contributed by atoms with Crippen LogP contribution in [-0.2, 0) is 6.54 Å². The van der Waals surface area contributed by atoms with E-state index < -0.39 is 0 Å². The van der Waals surface area contributed by atoms with Gasteiger partial charge < -0.3 is 10.0 Å². The van der Waals surface area contributed by atoms with Crippen molar-refractivity contribution in [3.63, 3.8) is 0 Å². The van der Waals surface area contributed by atoms with Gasteiger partial charge in [0.2, 0.25) is 0 Å². The molecule has 0 fully saturated rings. The molecule has 2 rings (SSSR count). The van der Waals surface area contributed by atoms with Crippen molar-refractivity contribution in [1.29, 1.82) is 0 Å². The fraction of sp³-hybridized carbons (Fsp3) is 0.538. The first kappa shape index (κ1) is 13.8. The van der Waals surface area contributed by atoms with Crippen LogP contribution in [-0.4, -0.2) is 50.4 Å². The van der Waals surface area contributed by atoms with Crippen LogP contribution in [0.3, 0.4) is 0 Å². The van der Waals surface area contributed by atoms with Crippen LogP contribution in [0.2, 0.25) is 0 Å². The number of aliphatic hydroxyl groups is 1. The number of aliphatic hydroxyl groups excluding tert-OH is 1. The molecule has 1 atom stereocenters. The topological polar surface area (TPSA) is 62.8 Å². The Kier molecular flexibility index (Phi) is 4.34. The second-order valence-electron chi connectivity index (χ2n) is 4.88. The molecule has 2 aromatic heterocycles. The first-order chi connectivity index (χ1) is 9.08. The van der Waals surface area contributed by atoms with Crippen molar-refractivity contribution < 1.29 is 5.11 Å². The van der Waals surface area contributed by atoms with E-state index in [0.29, 0.717) is 12.2 Å². The second kappa shape index (κ2) is 5.99. The van der Waals surface area contributed by atoms with E-state index in [1.807, 2.05) is 25.2 Å². The molecular formula is C13H20N4O2. The Bertz CT molecular complexity index is 588. The molecular weight excluding hydrogens is 244 g/mol. The number of rotatable bonds is 6. The number of fused-ring (bicyclic) bond motifs is 1. The smallest absolute Gasteiger partial charge is 0.350 e. The van der Waals surface area contributed by atoms with Crippen molar-refractivity contribution in [2.45, 2.75) is 26.0 Å². The minimum absolute atomic E-state index is 0.112. The summed E-state index contributed by atoms with van der Waals surface area (Å²) >= 11 is 0. The molecule has 0 saturated heterocycles. The van der Waals surface area contributed by atoms with E-state index in [4.69, 9.17) is 0 Å². The molecule has 104 valence electrons. The number of pyridine rings is 1. The van der Waals surface area contributed by atoms with E-state index in [1.54, 1.807) is 13.1 Å². The van der Waals surface area contributed by atoms with Gasteiger partial charge in [-0.2, -0.15) is 0 Å². The lowest BCUT2D eigenvalue weighted by Gasteiger charge is -2.16. The highest BCUT2D eigenvalue weighted by molar-refractivity contribution is 5.35. The third kappa shape index (κ3) is 3.42. The fourth-order valence-electron chi connectivity index (χ4n) is 1.90. The first-order valence-electron chi connectivity index (χ1n) is 6.49. The summed E-state index contributed by atoms with van der Waals surface area (Å²) in [5, 5.41) is 13.5. The summed E-state index contributed by atoms with van der Waals surface area (Å²) in [6.45, 7) is 3.87. The zero-order valence-electron chi connectivity index (χ0n) is 11.4. The highest BCUT2D eigenvalue weighted by Gasteiger charge is 2.07. The number of hydrogen-bond donors (Lipinski definition) is 1. The Labute approximate surface area is 111 Å². The zero-order valence-corrected chi connectivity index (χ0v) is 11.4. The molecule has 6 nitrogen and oxygen atoms in total. The second-order valence-corrected chi connectivity index (χ2v) is 4.88. The normalized spacial score (nSPS) is 13.3. The van der Waals surface area contributed by atoms with Gasteiger partial charge in [0, 0.05) is 19.3 Å². The van der Waals surface area contributed by atoms with Gasteiger partial charge in [0.05, 0.1) is 12.6 Å². The summed E-state index contributed by atoms with van der Waals surface area (Å²) in [5.74, 6) is 0. The van der Waals surface area contributed by atoms with Crippen LogP contribution >= 0.6 is 0 Å². The van der Waals surface area contributed by atoms with Crippen molar-refractivity contribution in [1.82, 2.24) is 19.1 Å². The van der Waals surface area contributed by atoms with Gasteiger partial charge in [-0.15, -0.1) is 5.10 Å². The van der Waals surface area contributed by atoms with Gasteiger partial charge in [0.15, 0.2) is 5.65 Å². The Hall–Kier alpha value is -1.66. The van der Waals surface area contributed by atoms with Gasteiger partial charge in [-0.1, -0.05) is 6.07 Å². The SMILES string of the molecule is CC(O)CCN(C)CCn1nc2ccccn2c1=O. The minimum Gasteiger partial charge on any atom is -0.393 e. The molecule has 0 aromatic carbocycles. The molecule has 2 aromatic rings. The van der Waals surface area contributed by atoms with Crippen molar-refractivity contribution in [3.8, 4) is 0 Å². The largest absolute Gasteiger partial charge is 0.393 e. The van der Waals surface area contributed by atoms with Gasteiger partial charge in [-0.05, 0) is 32.5 Å².